The molecule has 2 rings (SSSR count). The number of carbonyl (C=O) groups is 1. The van der Waals surface area contributed by atoms with Crippen LogP contribution in [0.1, 0.15) is 30.9 Å². The zero-order chi connectivity index (χ0) is 16.3. The van der Waals surface area contributed by atoms with Gasteiger partial charge in [-0.15, -0.1) is 0 Å². The molecule has 0 bridgehead atoms. The highest BCUT2D eigenvalue weighted by atomic mass is 16.6. The zero-order valence-corrected chi connectivity index (χ0v) is 13.4. The lowest BCUT2D eigenvalue weighted by molar-refractivity contribution is -0.385. The number of anilines is 1. The van der Waals surface area contributed by atoms with Gasteiger partial charge < -0.3 is 10.2 Å². The summed E-state index contributed by atoms with van der Waals surface area (Å²) in [4.78, 5) is 24.7. The minimum absolute atomic E-state index is 0.0505. The van der Waals surface area contributed by atoms with Gasteiger partial charge in [-0.3, -0.25) is 14.9 Å². The van der Waals surface area contributed by atoms with Gasteiger partial charge in [-0.2, -0.15) is 0 Å². The maximum absolute atomic E-state index is 12.2. The Morgan fingerprint density at radius 3 is 2.55 bits per heavy atom. The molecule has 1 N–H and O–H groups in total. The molecule has 0 spiro atoms. The fraction of sp³-hybridized carbons (Fsp3) is 0.562. The van der Waals surface area contributed by atoms with Gasteiger partial charge in [0.2, 0.25) is 5.91 Å². The Kier molecular flexibility index (Phi) is 5.00. The first kappa shape index (κ1) is 16.3. The molecule has 1 saturated heterocycles. The van der Waals surface area contributed by atoms with Crippen LogP contribution in [0.15, 0.2) is 12.1 Å². The minimum Gasteiger partial charge on any atom is -0.376 e. The normalized spacial score (nSPS) is 15.7. The number of nitro benzene ring substituents is 1. The van der Waals surface area contributed by atoms with Crippen molar-refractivity contribution >= 4 is 17.3 Å². The van der Waals surface area contributed by atoms with Crippen molar-refractivity contribution in [3.8, 4) is 0 Å². The van der Waals surface area contributed by atoms with Crippen LogP contribution in [0.5, 0.6) is 0 Å². The number of hydrogen-bond donors (Lipinski definition) is 1. The standard InChI is InChI=1S/C16H23N3O3/c1-11-4-6-18(7-5-11)16(20)10-17-14-9-15(19(21)22)13(3)8-12(14)2/h8-9,11,17H,4-7,10H2,1-3H3. The topological polar surface area (TPSA) is 75.5 Å². The van der Waals surface area contributed by atoms with Gasteiger partial charge in [-0.05, 0) is 44.2 Å². The molecule has 1 aromatic rings. The zero-order valence-electron chi connectivity index (χ0n) is 13.4. The maximum atomic E-state index is 12.2. The van der Waals surface area contributed by atoms with Crippen molar-refractivity contribution in [3.63, 3.8) is 0 Å². The first-order valence-electron chi connectivity index (χ1n) is 7.65. The lowest BCUT2D eigenvalue weighted by Gasteiger charge is -2.30. The second-order valence-corrected chi connectivity index (χ2v) is 6.13. The Morgan fingerprint density at radius 1 is 1.32 bits per heavy atom. The van der Waals surface area contributed by atoms with E-state index in [1.165, 1.54) is 6.07 Å². The van der Waals surface area contributed by atoms with Crippen molar-refractivity contribution in [1.29, 1.82) is 0 Å². The molecule has 1 aliphatic heterocycles. The van der Waals surface area contributed by atoms with Crippen LogP contribution in [0.3, 0.4) is 0 Å². The average molecular weight is 305 g/mol. The number of nitro groups is 1. The minimum atomic E-state index is -0.395. The van der Waals surface area contributed by atoms with Crippen molar-refractivity contribution < 1.29 is 9.72 Å². The number of aryl methyl sites for hydroxylation is 2. The molecule has 6 heteroatoms. The van der Waals surface area contributed by atoms with Crippen LogP contribution in [0, 0.1) is 29.9 Å². The predicted octanol–water partition coefficient (Wildman–Crippen LogP) is 2.88. The number of nitrogens with one attached hydrogen (secondary N) is 1. The van der Waals surface area contributed by atoms with Gasteiger partial charge in [0, 0.05) is 30.4 Å². The van der Waals surface area contributed by atoms with E-state index in [0.717, 1.165) is 31.5 Å². The van der Waals surface area contributed by atoms with Crippen molar-refractivity contribution in [2.75, 3.05) is 25.0 Å². The molecule has 1 aliphatic rings. The van der Waals surface area contributed by atoms with E-state index in [1.807, 2.05) is 11.8 Å². The third kappa shape index (κ3) is 3.75. The number of hydrogen-bond acceptors (Lipinski definition) is 4. The fourth-order valence-corrected chi connectivity index (χ4v) is 2.77. The first-order chi connectivity index (χ1) is 10.4. The van der Waals surface area contributed by atoms with Crippen molar-refractivity contribution in [1.82, 2.24) is 4.90 Å². The van der Waals surface area contributed by atoms with Gasteiger partial charge in [0.15, 0.2) is 0 Å². The van der Waals surface area contributed by atoms with Crippen LogP contribution in [0.2, 0.25) is 0 Å². The van der Waals surface area contributed by atoms with E-state index in [-0.39, 0.29) is 18.1 Å². The van der Waals surface area contributed by atoms with Crippen molar-refractivity contribution in [3.05, 3.63) is 33.4 Å². The number of carbonyl (C=O) groups excluding carboxylic acids is 1. The largest absolute Gasteiger partial charge is 0.376 e. The second kappa shape index (κ2) is 6.77. The van der Waals surface area contributed by atoms with E-state index in [9.17, 15) is 14.9 Å². The summed E-state index contributed by atoms with van der Waals surface area (Å²) in [6.45, 7) is 7.58. The number of rotatable bonds is 4. The molecule has 0 aliphatic carbocycles. The monoisotopic (exact) mass is 305 g/mol. The quantitative estimate of drug-likeness (QED) is 0.685. The van der Waals surface area contributed by atoms with E-state index in [1.54, 1.807) is 13.0 Å². The van der Waals surface area contributed by atoms with Crippen molar-refractivity contribution in [2.45, 2.75) is 33.6 Å². The maximum Gasteiger partial charge on any atom is 0.274 e. The van der Waals surface area contributed by atoms with Crippen LogP contribution in [0.4, 0.5) is 11.4 Å². The van der Waals surface area contributed by atoms with E-state index >= 15 is 0 Å². The highest BCUT2D eigenvalue weighted by Crippen LogP contribution is 2.26. The summed E-state index contributed by atoms with van der Waals surface area (Å²) in [6.07, 6.45) is 2.08. The first-order valence-corrected chi connectivity index (χ1v) is 7.65. The Morgan fingerprint density at radius 2 is 1.95 bits per heavy atom. The smallest absolute Gasteiger partial charge is 0.274 e. The van der Waals surface area contributed by atoms with E-state index in [2.05, 4.69) is 12.2 Å². The molecule has 120 valence electrons. The van der Waals surface area contributed by atoms with Crippen LogP contribution in [-0.4, -0.2) is 35.4 Å². The molecule has 0 radical (unpaired) electrons. The molecular formula is C16H23N3O3. The molecule has 22 heavy (non-hydrogen) atoms. The van der Waals surface area contributed by atoms with E-state index in [0.29, 0.717) is 17.2 Å². The van der Waals surface area contributed by atoms with Gasteiger partial charge in [0.1, 0.15) is 0 Å². The molecule has 0 atom stereocenters. The van der Waals surface area contributed by atoms with Gasteiger partial charge >= 0.3 is 0 Å². The number of amides is 1. The molecule has 6 nitrogen and oxygen atoms in total. The van der Waals surface area contributed by atoms with Crippen molar-refractivity contribution in [2.24, 2.45) is 5.92 Å². The third-order valence-corrected chi connectivity index (χ3v) is 4.31. The molecule has 1 aromatic carbocycles. The van der Waals surface area contributed by atoms with Gasteiger partial charge in [-0.25, -0.2) is 0 Å². The van der Waals surface area contributed by atoms with Crippen LogP contribution >= 0.6 is 0 Å². The second-order valence-electron chi connectivity index (χ2n) is 6.13. The molecule has 1 heterocycles. The Labute approximate surface area is 130 Å². The number of nitrogens with zero attached hydrogens (tertiary/aromatic N) is 2. The Balaban J connectivity index is 2.00. The number of likely N-dealkylation sites (tertiary alicyclic amines) is 1. The average Bonchev–Trinajstić information content (AvgIpc) is 2.46. The summed E-state index contributed by atoms with van der Waals surface area (Å²) in [7, 11) is 0. The summed E-state index contributed by atoms with van der Waals surface area (Å²) < 4.78 is 0. The molecule has 0 saturated carbocycles. The molecular weight excluding hydrogens is 282 g/mol. The van der Waals surface area contributed by atoms with Crippen LogP contribution in [-0.2, 0) is 4.79 Å². The fourth-order valence-electron chi connectivity index (χ4n) is 2.77. The lowest BCUT2D eigenvalue weighted by atomic mass is 9.99. The summed E-state index contributed by atoms with van der Waals surface area (Å²) >= 11 is 0. The Bertz CT molecular complexity index is 578. The number of piperidine rings is 1. The molecule has 1 fully saturated rings. The molecule has 0 aromatic heterocycles. The summed E-state index contributed by atoms with van der Waals surface area (Å²) in [5.74, 6) is 0.730. The number of benzene rings is 1. The highest BCUT2D eigenvalue weighted by molar-refractivity contribution is 5.81. The van der Waals surface area contributed by atoms with E-state index < -0.39 is 4.92 Å². The molecule has 0 unspecified atom stereocenters. The summed E-state index contributed by atoms with van der Waals surface area (Å²) in [5, 5.41) is 14.1. The highest BCUT2D eigenvalue weighted by Gasteiger charge is 2.20. The van der Waals surface area contributed by atoms with Crippen LogP contribution < -0.4 is 5.32 Å². The van der Waals surface area contributed by atoms with Gasteiger partial charge in [0.05, 0.1) is 11.5 Å². The lowest BCUT2D eigenvalue weighted by Crippen LogP contribution is -2.40. The SMILES string of the molecule is Cc1cc(C)c([N+](=O)[O-])cc1NCC(=O)N1CCC(C)CC1. The Hall–Kier alpha value is -2.11. The molecule has 1 amide bonds. The summed E-state index contributed by atoms with van der Waals surface area (Å²) in [6, 6.07) is 3.28. The van der Waals surface area contributed by atoms with Gasteiger partial charge in [-0.1, -0.05) is 6.92 Å². The summed E-state index contributed by atoms with van der Waals surface area (Å²) in [5.41, 5.74) is 2.26. The third-order valence-electron chi connectivity index (χ3n) is 4.31. The van der Waals surface area contributed by atoms with Gasteiger partial charge in [0.25, 0.3) is 5.69 Å². The van der Waals surface area contributed by atoms with E-state index in [4.69, 9.17) is 0 Å². The predicted molar refractivity (Wildman–Crippen MR) is 86.0 cm³/mol. The van der Waals surface area contributed by atoms with Crippen LogP contribution in [0.25, 0.3) is 0 Å².